The predicted octanol–water partition coefficient (Wildman–Crippen LogP) is 2.94. The van der Waals surface area contributed by atoms with Gasteiger partial charge in [-0.15, -0.1) is 0 Å². The Kier molecular flexibility index (Phi) is 7.32. The van der Waals surface area contributed by atoms with Crippen LogP contribution in [0.3, 0.4) is 0 Å². The first-order valence-corrected chi connectivity index (χ1v) is 8.41. The number of rotatable bonds is 9. The van der Waals surface area contributed by atoms with Crippen LogP contribution in [0.4, 0.5) is 11.4 Å². The van der Waals surface area contributed by atoms with E-state index in [0.717, 1.165) is 0 Å². The van der Waals surface area contributed by atoms with Crippen molar-refractivity contribution in [1.29, 1.82) is 0 Å². The second kappa shape index (κ2) is 9.91. The van der Waals surface area contributed by atoms with E-state index >= 15 is 0 Å². The van der Waals surface area contributed by atoms with Crippen LogP contribution in [0.15, 0.2) is 48.5 Å². The quantitative estimate of drug-likeness (QED) is 0.399. The number of nitro groups is 1. The predicted molar refractivity (Wildman–Crippen MR) is 100 cm³/mol. The summed E-state index contributed by atoms with van der Waals surface area (Å²) in [7, 11) is 1.32. The Hall–Kier alpha value is -3.62. The first kappa shape index (κ1) is 20.7. The van der Waals surface area contributed by atoms with Crippen molar-refractivity contribution in [2.24, 2.45) is 0 Å². The number of para-hydroxylation sites is 1. The minimum atomic E-state index is -1.07. The van der Waals surface area contributed by atoms with Crippen LogP contribution in [-0.4, -0.2) is 36.6 Å². The lowest BCUT2D eigenvalue weighted by molar-refractivity contribution is -0.384. The van der Waals surface area contributed by atoms with Crippen LogP contribution in [-0.2, 0) is 14.3 Å². The summed E-state index contributed by atoms with van der Waals surface area (Å²) in [6.45, 7) is 1.54. The molecular formula is C19H20N2O7. The van der Waals surface area contributed by atoms with Crippen LogP contribution in [0.25, 0.3) is 0 Å². The van der Waals surface area contributed by atoms with Gasteiger partial charge in [0.2, 0.25) is 0 Å². The Morgan fingerprint density at radius 1 is 1.18 bits per heavy atom. The van der Waals surface area contributed by atoms with Crippen molar-refractivity contribution in [3.63, 3.8) is 0 Å². The molecule has 0 bridgehead atoms. The average molecular weight is 388 g/mol. The minimum Gasteiger partial charge on any atom is -0.494 e. The van der Waals surface area contributed by atoms with Crippen LogP contribution < -0.4 is 14.8 Å². The lowest BCUT2D eigenvalue weighted by Crippen LogP contribution is -2.30. The molecule has 0 aromatic heterocycles. The largest absolute Gasteiger partial charge is 0.494 e. The lowest BCUT2D eigenvalue weighted by Gasteiger charge is -2.15. The summed E-state index contributed by atoms with van der Waals surface area (Å²) in [5.74, 6) is -0.428. The van der Waals surface area contributed by atoms with E-state index in [1.165, 1.54) is 32.2 Å². The summed E-state index contributed by atoms with van der Waals surface area (Å²) in [4.78, 5) is 34.3. The van der Waals surface area contributed by atoms with Crippen molar-refractivity contribution >= 4 is 23.3 Å². The van der Waals surface area contributed by atoms with Crippen LogP contribution in [0.2, 0.25) is 0 Å². The van der Waals surface area contributed by atoms with Crippen LogP contribution in [0.1, 0.15) is 13.3 Å². The molecule has 9 heteroatoms. The molecule has 0 aliphatic carbocycles. The van der Waals surface area contributed by atoms with Crippen LogP contribution in [0.5, 0.6) is 11.5 Å². The number of methoxy groups -OCH3 is 1. The molecule has 2 aromatic carbocycles. The Labute approximate surface area is 161 Å². The van der Waals surface area contributed by atoms with Gasteiger partial charge in [0.25, 0.3) is 11.6 Å². The summed E-state index contributed by atoms with van der Waals surface area (Å²) in [6, 6.07) is 12.8. The SMILES string of the molecule is COc1cc([N+](=O)[O-])ccc1NC(=O)[C@@H](C)OC(=O)CCOc1ccccc1. The number of esters is 1. The van der Waals surface area contributed by atoms with Crippen molar-refractivity contribution in [2.75, 3.05) is 19.0 Å². The zero-order chi connectivity index (χ0) is 20.5. The average Bonchev–Trinajstić information content (AvgIpc) is 2.68. The number of ether oxygens (including phenoxy) is 3. The molecule has 2 aromatic rings. The number of hydrogen-bond donors (Lipinski definition) is 1. The van der Waals surface area contributed by atoms with Crippen molar-refractivity contribution in [3.05, 3.63) is 58.6 Å². The highest BCUT2D eigenvalue weighted by molar-refractivity contribution is 5.96. The van der Waals surface area contributed by atoms with E-state index in [-0.39, 0.29) is 30.2 Å². The topological polar surface area (TPSA) is 117 Å². The number of nitrogens with zero attached hydrogens (tertiary/aromatic N) is 1. The number of nitrogens with one attached hydrogen (secondary N) is 1. The van der Waals surface area contributed by atoms with Gasteiger partial charge < -0.3 is 19.5 Å². The monoisotopic (exact) mass is 388 g/mol. The van der Waals surface area contributed by atoms with E-state index in [1.807, 2.05) is 18.2 Å². The van der Waals surface area contributed by atoms with Gasteiger partial charge >= 0.3 is 5.97 Å². The van der Waals surface area contributed by atoms with E-state index in [2.05, 4.69) is 5.32 Å². The number of anilines is 1. The third kappa shape index (κ3) is 5.97. The second-order valence-electron chi connectivity index (χ2n) is 5.67. The zero-order valence-electron chi connectivity index (χ0n) is 15.4. The molecule has 1 atom stereocenters. The maximum atomic E-state index is 12.2. The van der Waals surface area contributed by atoms with Gasteiger partial charge in [0.15, 0.2) is 6.10 Å². The Morgan fingerprint density at radius 3 is 2.54 bits per heavy atom. The molecule has 9 nitrogen and oxygen atoms in total. The highest BCUT2D eigenvalue weighted by Crippen LogP contribution is 2.29. The molecule has 0 aliphatic rings. The van der Waals surface area contributed by atoms with Crippen LogP contribution >= 0.6 is 0 Å². The van der Waals surface area contributed by atoms with Crippen molar-refractivity contribution < 1.29 is 28.7 Å². The van der Waals surface area contributed by atoms with E-state index in [1.54, 1.807) is 12.1 Å². The Morgan fingerprint density at radius 2 is 1.89 bits per heavy atom. The maximum Gasteiger partial charge on any atom is 0.310 e. The number of amides is 1. The van der Waals surface area contributed by atoms with Crippen molar-refractivity contribution in [3.8, 4) is 11.5 Å². The Bertz CT molecular complexity index is 839. The first-order chi connectivity index (χ1) is 13.4. The summed E-state index contributed by atoms with van der Waals surface area (Å²) in [5, 5.41) is 13.3. The normalized spacial score (nSPS) is 11.2. The molecule has 0 aliphatic heterocycles. The molecule has 0 spiro atoms. The molecular weight excluding hydrogens is 368 g/mol. The standard InChI is InChI=1S/C19H20N2O7/c1-13(28-18(22)10-11-27-15-6-4-3-5-7-15)19(23)20-16-9-8-14(21(24)25)12-17(16)26-2/h3-9,12-13H,10-11H2,1-2H3,(H,20,23)/t13-/m1/s1. The fourth-order valence-corrected chi connectivity index (χ4v) is 2.21. The van der Waals surface area contributed by atoms with Crippen LogP contribution in [0, 0.1) is 10.1 Å². The molecule has 0 radical (unpaired) electrons. The third-order valence-electron chi connectivity index (χ3n) is 3.65. The molecule has 0 unspecified atom stereocenters. The van der Waals surface area contributed by atoms with E-state index in [4.69, 9.17) is 14.2 Å². The van der Waals surface area contributed by atoms with E-state index in [9.17, 15) is 19.7 Å². The van der Waals surface area contributed by atoms with E-state index < -0.39 is 22.9 Å². The van der Waals surface area contributed by atoms with Gasteiger partial charge in [0.1, 0.15) is 11.5 Å². The van der Waals surface area contributed by atoms with Gasteiger partial charge in [0, 0.05) is 6.07 Å². The smallest absolute Gasteiger partial charge is 0.310 e. The summed E-state index contributed by atoms with van der Waals surface area (Å²) in [5.41, 5.74) is 0.0566. The fourth-order valence-electron chi connectivity index (χ4n) is 2.21. The zero-order valence-corrected chi connectivity index (χ0v) is 15.4. The number of benzene rings is 2. The lowest BCUT2D eigenvalue weighted by atomic mass is 10.2. The van der Waals surface area contributed by atoms with Gasteiger partial charge in [-0.25, -0.2) is 0 Å². The number of nitro benzene ring substituents is 1. The molecule has 0 saturated carbocycles. The van der Waals surface area contributed by atoms with Gasteiger partial charge in [0.05, 0.1) is 36.8 Å². The third-order valence-corrected chi connectivity index (χ3v) is 3.65. The first-order valence-electron chi connectivity index (χ1n) is 8.41. The highest BCUT2D eigenvalue weighted by atomic mass is 16.6. The van der Waals surface area contributed by atoms with Crippen molar-refractivity contribution in [1.82, 2.24) is 0 Å². The van der Waals surface area contributed by atoms with E-state index in [0.29, 0.717) is 5.75 Å². The van der Waals surface area contributed by atoms with Gasteiger partial charge in [-0.3, -0.25) is 19.7 Å². The number of carbonyl (C=O) groups excluding carboxylic acids is 2. The molecule has 0 fully saturated rings. The number of hydrogen-bond acceptors (Lipinski definition) is 7. The second-order valence-corrected chi connectivity index (χ2v) is 5.67. The van der Waals surface area contributed by atoms with Gasteiger partial charge in [-0.1, -0.05) is 18.2 Å². The Balaban J connectivity index is 1.85. The number of non-ortho nitro benzene ring substituents is 1. The maximum absolute atomic E-state index is 12.2. The summed E-state index contributed by atoms with van der Waals surface area (Å²) in [6.07, 6.45) is -1.09. The molecule has 1 amide bonds. The minimum absolute atomic E-state index is 0.0205. The molecule has 1 N–H and O–H groups in total. The molecule has 0 saturated heterocycles. The molecule has 2 rings (SSSR count). The van der Waals surface area contributed by atoms with Gasteiger partial charge in [-0.05, 0) is 25.1 Å². The molecule has 28 heavy (non-hydrogen) atoms. The summed E-state index contributed by atoms with van der Waals surface area (Å²) < 4.78 is 15.5. The van der Waals surface area contributed by atoms with Gasteiger partial charge in [-0.2, -0.15) is 0 Å². The molecule has 0 heterocycles. The highest BCUT2D eigenvalue weighted by Gasteiger charge is 2.20. The summed E-state index contributed by atoms with van der Waals surface area (Å²) >= 11 is 0. The van der Waals surface area contributed by atoms with Crippen molar-refractivity contribution in [2.45, 2.75) is 19.4 Å². The number of carbonyl (C=O) groups is 2. The molecule has 148 valence electrons. The fraction of sp³-hybridized carbons (Fsp3) is 0.263.